The molecule has 0 spiro atoms. The lowest BCUT2D eigenvalue weighted by molar-refractivity contribution is -0.117. The minimum atomic E-state index is -0.547. The van der Waals surface area contributed by atoms with Crippen LogP contribution in [0.5, 0.6) is 11.5 Å². The number of para-hydroxylation sites is 3. The van der Waals surface area contributed by atoms with Crippen LogP contribution in [-0.2, 0) is 9.59 Å². The molecule has 2 atom stereocenters. The minimum Gasteiger partial charge on any atom is -0.497 e. The first-order valence-corrected chi connectivity index (χ1v) is 12.8. The van der Waals surface area contributed by atoms with Crippen LogP contribution in [0.25, 0.3) is 0 Å². The second kappa shape index (κ2) is 10.5. The van der Waals surface area contributed by atoms with Crippen molar-refractivity contribution in [2.75, 3.05) is 23.9 Å². The molecule has 0 saturated heterocycles. The summed E-state index contributed by atoms with van der Waals surface area (Å²) in [5.41, 5.74) is 4.95. The van der Waals surface area contributed by atoms with Crippen molar-refractivity contribution in [2.45, 2.75) is 45.1 Å². The van der Waals surface area contributed by atoms with Gasteiger partial charge in [0.1, 0.15) is 11.5 Å². The molecule has 0 saturated carbocycles. The summed E-state index contributed by atoms with van der Waals surface area (Å²) in [6, 6.07) is 22.8. The van der Waals surface area contributed by atoms with Gasteiger partial charge in [0.15, 0.2) is 5.78 Å². The van der Waals surface area contributed by atoms with Gasteiger partial charge in [-0.25, -0.2) is 0 Å². The summed E-state index contributed by atoms with van der Waals surface area (Å²) >= 11 is 0. The zero-order chi connectivity index (χ0) is 25.9. The summed E-state index contributed by atoms with van der Waals surface area (Å²) in [6.07, 6.45) is 1.90. The molecule has 0 fully saturated rings. The third-order valence-corrected chi connectivity index (χ3v) is 7.08. The number of ether oxygens (including phenoxy) is 2. The first-order valence-electron chi connectivity index (χ1n) is 12.8. The Kier molecular flexibility index (Phi) is 6.99. The summed E-state index contributed by atoms with van der Waals surface area (Å²) in [5, 5.41) is 3.56. The first kappa shape index (κ1) is 24.6. The normalized spacial score (nSPS) is 18.9. The van der Waals surface area contributed by atoms with Crippen LogP contribution in [0.2, 0.25) is 0 Å². The Morgan fingerprint density at radius 2 is 1.73 bits per heavy atom. The van der Waals surface area contributed by atoms with E-state index in [1.54, 1.807) is 18.9 Å². The van der Waals surface area contributed by atoms with Crippen LogP contribution in [0.4, 0.5) is 11.4 Å². The Hall–Kier alpha value is -4.06. The second-order valence-electron chi connectivity index (χ2n) is 9.51. The number of nitrogens with zero attached hydrogens (tertiary/aromatic N) is 1. The smallest absolute Gasteiger partial charge is 0.224 e. The van der Waals surface area contributed by atoms with Crippen LogP contribution < -0.4 is 19.7 Å². The zero-order valence-electron chi connectivity index (χ0n) is 21.5. The number of hydrogen-bond acceptors (Lipinski definition) is 5. The molecule has 2 unspecified atom stereocenters. The van der Waals surface area contributed by atoms with Gasteiger partial charge in [0.05, 0.1) is 31.1 Å². The highest BCUT2D eigenvalue weighted by Gasteiger charge is 2.41. The molecular weight excluding hydrogens is 464 g/mol. The molecule has 0 bridgehead atoms. The van der Waals surface area contributed by atoms with Gasteiger partial charge in [0, 0.05) is 30.5 Å². The summed E-state index contributed by atoms with van der Waals surface area (Å²) in [7, 11) is 1.62. The number of carbonyl (C=O) groups excluding carboxylic acids is 2. The number of amides is 1. The third kappa shape index (κ3) is 4.71. The molecule has 3 aromatic carbocycles. The van der Waals surface area contributed by atoms with Crippen molar-refractivity contribution in [3.05, 3.63) is 95.2 Å². The summed E-state index contributed by atoms with van der Waals surface area (Å²) in [4.78, 5) is 28.9. The van der Waals surface area contributed by atoms with Crippen molar-refractivity contribution in [3.8, 4) is 11.5 Å². The number of rotatable bonds is 6. The highest BCUT2D eigenvalue weighted by atomic mass is 16.5. The first-order chi connectivity index (χ1) is 18.0. The summed E-state index contributed by atoms with van der Waals surface area (Å²) < 4.78 is 11.4. The molecule has 5 rings (SSSR count). The number of ketones is 1. The predicted molar refractivity (Wildman–Crippen MR) is 145 cm³/mol. The van der Waals surface area contributed by atoms with Crippen LogP contribution in [0.3, 0.4) is 0 Å². The third-order valence-electron chi connectivity index (χ3n) is 7.08. The van der Waals surface area contributed by atoms with Gasteiger partial charge in [0.2, 0.25) is 5.91 Å². The maximum Gasteiger partial charge on any atom is 0.224 e. The lowest BCUT2D eigenvalue weighted by atomic mass is 9.78. The van der Waals surface area contributed by atoms with Gasteiger partial charge in [-0.3, -0.25) is 14.5 Å². The van der Waals surface area contributed by atoms with Crippen molar-refractivity contribution in [3.63, 3.8) is 0 Å². The van der Waals surface area contributed by atoms with E-state index in [1.807, 2.05) is 66.7 Å². The van der Waals surface area contributed by atoms with E-state index in [-0.39, 0.29) is 17.6 Å². The van der Waals surface area contributed by atoms with E-state index in [1.165, 1.54) is 0 Å². The molecule has 1 amide bonds. The van der Waals surface area contributed by atoms with E-state index in [0.717, 1.165) is 46.1 Å². The molecule has 37 heavy (non-hydrogen) atoms. The Labute approximate surface area is 217 Å². The van der Waals surface area contributed by atoms with Crippen LogP contribution in [-0.4, -0.2) is 25.4 Å². The maximum absolute atomic E-state index is 14.0. The minimum absolute atomic E-state index is 0.0284. The summed E-state index contributed by atoms with van der Waals surface area (Å²) in [6.45, 7) is 4.26. The number of hydrogen-bond donors (Lipinski definition) is 1. The molecule has 1 aliphatic carbocycles. The van der Waals surface area contributed by atoms with E-state index < -0.39 is 6.04 Å². The largest absolute Gasteiger partial charge is 0.497 e. The molecule has 0 radical (unpaired) electrons. The quantitative estimate of drug-likeness (QED) is 0.427. The van der Waals surface area contributed by atoms with E-state index in [2.05, 4.69) is 18.3 Å². The van der Waals surface area contributed by atoms with Crippen molar-refractivity contribution >= 4 is 23.1 Å². The Bertz CT molecular complexity index is 1350. The topological polar surface area (TPSA) is 67.9 Å². The average Bonchev–Trinajstić information content (AvgIpc) is 3.07. The highest BCUT2D eigenvalue weighted by Crippen LogP contribution is 2.48. The number of anilines is 2. The maximum atomic E-state index is 14.0. The monoisotopic (exact) mass is 496 g/mol. The molecule has 6 nitrogen and oxygen atoms in total. The standard InChI is InChI=1S/C31H32N2O4/c1-4-17-37-29-12-8-5-9-24(29)22-18-26-30(28(35)19-22)31(21-13-15-23(36-3)16-14-21)33(20(2)34)27-11-7-6-10-25(27)32-26/h5-16,22,31-32H,4,17-19H2,1-3H3. The Morgan fingerprint density at radius 1 is 1.00 bits per heavy atom. The van der Waals surface area contributed by atoms with Crippen LogP contribution in [0, 0.1) is 0 Å². The van der Waals surface area contributed by atoms with E-state index in [9.17, 15) is 9.59 Å². The lowest BCUT2D eigenvalue weighted by Crippen LogP contribution is -2.37. The second-order valence-corrected chi connectivity index (χ2v) is 9.51. The van der Waals surface area contributed by atoms with Gasteiger partial charge in [-0.1, -0.05) is 49.4 Å². The number of allylic oxidation sites excluding steroid dienone is 1. The fourth-order valence-corrected chi connectivity index (χ4v) is 5.42. The van der Waals surface area contributed by atoms with Gasteiger partial charge in [-0.05, 0) is 54.3 Å². The van der Waals surface area contributed by atoms with E-state index in [0.29, 0.717) is 25.0 Å². The van der Waals surface area contributed by atoms with Crippen molar-refractivity contribution in [1.82, 2.24) is 0 Å². The van der Waals surface area contributed by atoms with Crippen molar-refractivity contribution in [1.29, 1.82) is 0 Å². The fourth-order valence-electron chi connectivity index (χ4n) is 5.42. The van der Waals surface area contributed by atoms with Crippen LogP contribution in [0.1, 0.15) is 56.2 Å². The van der Waals surface area contributed by atoms with Gasteiger partial charge in [-0.2, -0.15) is 0 Å². The van der Waals surface area contributed by atoms with E-state index in [4.69, 9.17) is 9.47 Å². The molecule has 0 aromatic heterocycles. The lowest BCUT2D eigenvalue weighted by Gasteiger charge is -2.34. The number of benzene rings is 3. The average molecular weight is 497 g/mol. The number of Topliss-reactive ketones (excluding diaryl/α,β-unsaturated/α-hetero) is 1. The van der Waals surface area contributed by atoms with E-state index >= 15 is 0 Å². The molecule has 190 valence electrons. The highest BCUT2D eigenvalue weighted by molar-refractivity contribution is 6.06. The predicted octanol–water partition coefficient (Wildman–Crippen LogP) is 6.40. The number of fused-ring (bicyclic) bond motifs is 1. The Balaban J connectivity index is 1.65. The molecule has 1 heterocycles. The van der Waals surface area contributed by atoms with Crippen LogP contribution >= 0.6 is 0 Å². The molecule has 1 N–H and O–H groups in total. The molecule has 3 aromatic rings. The van der Waals surface area contributed by atoms with Gasteiger partial charge < -0.3 is 14.8 Å². The van der Waals surface area contributed by atoms with Crippen molar-refractivity contribution < 1.29 is 19.1 Å². The fraction of sp³-hybridized carbons (Fsp3) is 0.290. The van der Waals surface area contributed by atoms with Gasteiger partial charge in [-0.15, -0.1) is 0 Å². The van der Waals surface area contributed by atoms with Gasteiger partial charge >= 0.3 is 0 Å². The SMILES string of the molecule is CCCOc1ccccc1C1CC(=O)C2=C(C1)Nc1ccccc1N(C(C)=O)C2c1ccc(OC)cc1. The zero-order valence-corrected chi connectivity index (χ0v) is 21.5. The molecule has 2 aliphatic rings. The van der Waals surface area contributed by atoms with Crippen molar-refractivity contribution in [2.24, 2.45) is 0 Å². The summed E-state index contributed by atoms with van der Waals surface area (Å²) in [5.74, 6) is 1.43. The van der Waals surface area contributed by atoms with Gasteiger partial charge in [0.25, 0.3) is 0 Å². The molecule has 6 heteroatoms. The Morgan fingerprint density at radius 3 is 2.46 bits per heavy atom. The number of methoxy groups -OCH3 is 1. The van der Waals surface area contributed by atoms with Crippen LogP contribution in [0.15, 0.2) is 84.1 Å². The number of carbonyl (C=O) groups is 2. The molecular formula is C31H32N2O4. The molecule has 1 aliphatic heterocycles. The number of nitrogens with one attached hydrogen (secondary N) is 1.